The van der Waals surface area contributed by atoms with Gasteiger partial charge in [0.2, 0.25) is 0 Å². The first kappa shape index (κ1) is 15.9. The summed E-state index contributed by atoms with van der Waals surface area (Å²) in [6.45, 7) is 7.76. The molecule has 0 radical (unpaired) electrons. The number of hydrogen-bond donors (Lipinski definition) is 2. The summed E-state index contributed by atoms with van der Waals surface area (Å²) in [5.41, 5.74) is 5.59. The number of aliphatic hydroxyl groups excluding tert-OH is 1. The topological polar surface area (TPSA) is 52.7 Å². The SMILES string of the molecule is CC(CC(C)(N)CO)N1CCC(CN(C)C)CC1. The summed E-state index contributed by atoms with van der Waals surface area (Å²) in [7, 11) is 4.30. The van der Waals surface area contributed by atoms with Crippen molar-refractivity contribution < 1.29 is 5.11 Å². The third-order valence-electron chi connectivity index (χ3n) is 4.02. The number of nitrogens with two attached hydrogens (primary N) is 1. The van der Waals surface area contributed by atoms with Gasteiger partial charge in [-0.05, 0) is 66.2 Å². The summed E-state index contributed by atoms with van der Waals surface area (Å²) in [5.74, 6) is 0.838. The summed E-state index contributed by atoms with van der Waals surface area (Å²) >= 11 is 0. The minimum absolute atomic E-state index is 0.0639. The zero-order chi connectivity index (χ0) is 13.8. The van der Waals surface area contributed by atoms with E-state index in [1.807, 2.05) is 6.92 Å². The van der Waals surface area contributed by atoms with E-state index in [9.17, 15) is 5.11 Å². The highest BCUT2D eigenvalue weighted by Crippen LogP contribution is 2.22. The van der Waals surface area contributed by atoms with Crippen LogP contribution in [0.4, 0.5) is 0 Å². The van der Waals surface area contributed by atoms with Crippen LogP contribution in [-0.4, -0.2) is 66.8 Å². The third kappa shape index (κ3) is 5.22. The van der Waals surface area contributed by atoms with Crippen LogP contribution in [0.3, 0.4) is 0 Å². The summed E-state index contributed by atoms with van der Waals surface area (Å²) in [6.07, 6.45) is 3.42. The lowest BCUT2D eigenvalue weighted by molar-refractivity contribution is 0.0969. The number of nitrogens with zero attached hydrogens (tertiary/aromatic N) is 2. The van der Waals surface area contributed by atoms with Gasteiger partial charge in [-0.1, -0.05) is 0 Å². The van der Waals surface area contributed by atoms with E-state index in [0.717, 1.165) is 12.3 Å². The van der Waals surface area contributed by atoms with Crippen LogP contribution in [0.15, 0.2) is 0 Å². The number of likely N-dealkylation sites (tertiary alicyclic amines) is 1. The second kappa shape index (κ2) is 6.85. The Balaban J connectivity index is 2.34. The van der Waals surface area contributed by atoms with Crippen LogP contribution in [0.2, 0.25) is 0 Å². The van der Waals surface area contributed by atoms with Gasteiger partial charge in [0.1, 0.15) is 0 Å². The highest BCUT2D eigenvalue weighted by molar-refractivity contribution is 4.85. The van der Waals surface area contributed by atoms with Crippen molar-refractivity contribution in [3.8, 4) is 0 Å². The van der Waals surface area contributed by atoms with Gasteiger partial charge >= 0.3 is 0 Å². The molecule has 2 unspecified atom stereocenters. The van der Waals surface area contributed by atoms with Crippen LogP contribution in [-0.2, 0) is 0 Å². The van der Waals surface area contributed by atoms with Gasteiger partial charge in [-0.25, -0.2) is 0 Å². The molecule has 0 aromatic heterocycles. The van der Waals surface area contributed by atoms with E-state index in [-0.39, 0.29) is 6.61 Å². The normalized spacial score (nSPS) is 24.2. The molecule has 0 amide bonds. The van der Waals surface area contributed by atoms with Crippen molar-refractivity contribution in [1.29, 1.82) is 0 Å². The molecule has 108 valence electrons. The molecule has 1 saturated heterocycles. The molecule has 4 nitrogen and oxygen atoms in total. The van der Waals surface area contributed by atoms with Gasteiger partial charge in [-0.3, -0.25) is 0 Å². The molecule has 1 rings (SSSR count). The number of hydrogen-bond acceptors (Lipinski definition) is 4. The fourth-order valence-corrected chi connectivity index (χ4v) is 2.96. The van der Waals surface area contributed by atoms with Gasteiger partial charge < -0.3 is 20.6 Å². The second-order valence-corrected chi connectivity index (χ2v) is 6.61. The van der Waals surface area contributed by atoms with Crippen molar-refractivity contribution >= 4 is 0 Å². The monoisotopic (exact) mass is 257 g/mol. The Hall–Kier alpha value is -0.160. The molecule has 1 heterocycles. The standard InChI is InChI=1S/C14H31N3O/c1-12(9-14(2,15)11-18)17-7-5-13(6-8-17)10-16(3)4/h12-13,18H,5-11,15H2,1-4H3. The van der Waals surface area contributed by atoms with Gasteiger partial charge in [-0.15, -0.1) is 0 Å². The lowest BCUT2D eigenvalue weighted by Crippen LogP contribution is -2.49. The molecule has 0 aliphatic carbocycles. The van der Waals surface area contributed by atoms with E-state index in [4.69, 9.17) is 5.73 Å². The van der Waals surface area contributed by atoms with Crippen LogP contribution < -0.4 is 5.73 Å². The number of aliphatic hydroxyl groups is 1. The molecule has 1 fully saturated rings. The molecule has 3 N–H and O–H groups in total. The molecule has 0 spiro atoms. The summed E-state index contributed by atoms with van der Waals surface area (Å²) < 4.78 is 0. The fourth-order valence-electron chi connectivity index (χ4n) is 2.96. The lowest BCUT2D eigenvalue weighted by Gasteiger charge is -2.39. The largest absolute Gasteiger partial charge is 0.394 e. The van der Waals surface area contributed by atoms with Gasteiger partial charge in [0.25, 0.3) is 0 Å². The van der Waals surface area contributed by atoms with Crippen LogP contribution >= 0.6 is 0 Å². The molecule has 0 aromatic rings. The van der Waals surface area contributed by atoms with Crippen molar-refractivity contribution in [2.24, 2.45) is 11.7 Å². The van der Waals surface area contributed by atoms with Gasteiger partial charge in [0.05, 0.1) is 6.61 Å². The first-order valence-electron chi connectivity index (χ1n) is 7.12. The van der Waals surface area contributed by atoms with E-state index in [1.54, 1.807) is 0 Å². The summed E-state index contributed by atoms with van der Waals surface area (Å²) in [6, 6.07) is 0.465. The first-order valence-corrected chi connectivity index (χ1v) is 7.12. The van der Waals surface area contributed by atoms with E-state index < -0.39 is 5.54 Å². The minimum Gasteiger partial charge on any atom is -0.394 e. The molecule has 0 aromatic carbocycles. The van der Waals surface area contributed by atoms with Gasteiger partial charge in [0.15, 0.2) is 0 Å². The Bertz CT molecular complexity index is 235. The Morgan fingerprint density at radius 1 is 1.39 bits per heavy atom. The zero-order valence-corrected chi connectivity index (χ0v) is 12.5. The van der Waals surface area contributed by atoms with E-state index in [0.29, 0.717) is 6.04 Å². The van der Waals surface area contributed by atoms with Crippen LogP contribution in [0.25, 0.3) is 0 Å². The van der Waals surface area contributed by atoms with Crippen molar-refractivity contribution in [3.05, 3.63) is 0 Å². The molecule has 4 heteroatoms. The van der Waals surface area contributed by atoms with Crippen molar-refractivity contribution in [2.45, 2.75) is 44.7 Å². The quantitative estimate of drug-likeness (QED) is 0.737. The molecule has 0 saturated carbocycles. The van der Waals surface area contributed by atoms with E-state index in [1.165, 1.54) is 32.5 Å². The maximum absolute atomic E-state index is 9.23. The Kier molecular flexibility index (Phi) is 6.05. The van der Waals surface area contributed by atoms with Crippen molar-refractivity contribution in [1.82, 2.24) is 9.80 Å². The average molecular weight is 257 g/mol. The third-order valence-corrected chi connectivity index (χ3v) is 4.02. The molecule has 18 heavy (non-hydrogen) atoms. The lowest BCUT2D eigenvalue weighted by atomic mass is 9.91. The molecule has 0 bridgehead atoms. The summed E-state index contributed by atoms with van der Waals surface area (Å²) in [5, 5.41) is 9.23. The van der Waals surface area contributed by atoms with Crippen molar-refractivity contribution in [3.63, 3.8) is 0 Å². The molecular weight excluding hydrogens is 226 g/mol. The highest BCUT2D eigenvalue weighted by atomic mass is 16.3. The van der Waals surface area contributed by atoms with Crippen molar-refractivity contribution in [2.75, 3.05) is 40.3 Å². The second-order valence-electron chi connectivity index (χ2n) is 6.61. The minimum atomic E-state index is -0.445. The molecule has 1 aliphatic heterocycles. The first-order chi connectivity index (χ1) is 8.34. The molecular formula is C14H31N3O. The number of piperidine rings is 1. The zero-order valence-electron chi connectivity index (χ0n) is 12.5. The smallest absolute Gasteiger partial charge is 0.0609 e. The fraction of sp³-hybridized carbons (Fsp3) is 1.00. The molecule has 2 atom stereocenters. The van der Waals surface area contributed by atoms with Gasteiger partial charge in [0, 0.05) is 18.1 Å². The highest BCUT2D eigenvalue weighted by Gasteiger charge is 2.27. The Morgan fingerprint density at radius 3 is 2.39 bits per heavy atom. The summed E-state index contributed by atoms with van der Waals surface area (Å²) in [4.78, 5) is 4.80. The maximum Gasteiger partial charge on any atom is 0.0609 e. The average Bonchev–Trinajstić information content (AvgIpc) is 2.28. The number of rotatable bonds is 6. The van der Waals surface area contributed by atoms with Crippen LogP contribution in [0, 0.1) is 5.92 Å². The van der Waals surface area contributed by atoms with Crippen LogP contribution in [0.1, 0.15) is 33.1 Å². The maximum atomic E-state index is 9.23. The predicted molar refractivity (Wildman–Crippen MR) is 76.6 cm³/mol. The molecule has 1 aliphatic rings. The van der Waals surface area contributed by atoms with Crippen LogP contribution in [0.5, 0.6) is 0 Å². The Morgan fingerprint density at radius 2 is 1.94 bits per heavy atom. The van der Waals surface area contributed by atoms with Gasteiger partial charge in [-0.2, -0.15) is 0 Å². The van der Waals surface area contributed by atoms with E-state index in [2.05, 4.69) is 30.8 Å². The van der Waals surface area contributed by atoms with E-state index >= 15 is 0 Å². The Labute approximate surface area is 112 Å². The predicted octanol–water partition coefficient (Wildman–Crippen LogP) is 0.748.